The lowest BCUT2D eigenvalue weighted by molar-refractivity contribution is 0.0512. The van der Waals surface area contributed by atoms with Crippen molar-refractivity contribution < 1.29 is 14.2 Å². The average molecular weight is 515 g/mol. The van der Waals surface area contributed by atoms with Crippen molar-refractivity contribution in [2.24, 2.45) is 10.4 Å². The first-order valence-electron chi connectivity index (χ1n) is 10.6. The molecule has 1 aromatic carbocycles. The molecule has 2 aliphatic heterocycles. The highest BCUT2D eigenvalue weighted by Gasteiger charge is 2.37. The van der Waals surface area contributed by atoms with E-state index in [0.29, 0.717) is 12.2 Å². The number of nitrogens with zero attached hydrogens (tertiary/aromatic N) is 1. The Bertz CT molecular complexity index is 710. The fourth-order valence-corrected chi connectivity index (χ4v) is 4.63. The fourth-order valence-electron chi connectivity index (χ4n) is 4.63. The maximum Gasteiger partial charge on any atom is 0.231 e. The van der Waals surface area contributed by atoms with E-state index in [1.54, 1.807) is 0 Å². The Morgan fingerprint density at radius 1 is 1.03 bits per heavy atom. The third-order valence-corrected chi connectivity index (χ3v) is 7.05. The number of ether oxygens (including phenoxy) is 3. The third-order valence-electron chi connectivity index (χ3n) is 7.05. The number of fused-ring (bicyclic) bond motifs is 1. The Balaban J connectivity index is 0.00000240. The van der Waals surface area contributed by atoms with Crippen LogP contribution in [0, 0.1) is 5.41 Å². The summed E-state index contributed by atoms with van der Waals surface area (Å²) in [7, 11) is 1.85. The van der Waals surface area contributed by atoms with Crippen LogP contribution in [-0.4, -0.2) is 46.1 Å². The van der Waals surface area contributed by atoms with Crippen molar-refractivity contribution in [3.8, 4) is 11.5 Å². The van der Waals surface area contributed by atoms with E-state index >= 15 is 0 Å². The third kappa shape index (κ3) is 4.76. The molecule has 0 atom stereocenters. The van der Waals surface area contributed by atoms with Crippen molar-refractivity contribution in [1.29, 1.82) is 0 Å². The molecular weight excluding hydrogens is 481 g/mol. The van der Waals surface area contributed by atoms with Gasteiger partial charge in [-0.15, -0.1) is 24.0 Å². The predicted molar refractivity (Wildman–Crippen MR) is 126 cm³/mol. The molecule has 3 aliphatic rings. The van der Waals surface area contributed by atoms with Gasteiger partial charge in [-0.2, -0.15) is 0 Å². The van der Waals surface area contributed by atoms with Crippen molar-refractivity contribution in [3.63, 3.8) is 0 Å². The summed E-state index contributed by atoms with van der Waals surface area (Å²) in [4.78, 5) is 4.47. The highest BCUT2D eigenvalue weighted by atomic mass is 127. The number of guanidine groups is 1. The van der Waals surface area contributed by atoms with Gasteiger partial charge in [-0.05, 0) is 55.2 Å². The summed E-state index contributed by atoms with van der Waals surface area (Å²) in [5.41, 5.74) is 1.76. The van der Waals surface area contributed by atoms with Gasteiger partial charge >= 0.3 is 0 Å². The topological polar surface area (TPSA) is 64.1 Å². The molecule has 1 aliphatic carbocycles. The molecule has 6 nitrogen and oxygen atoms in total. The lowest BCUT2D eigenvalue weighted by Crippen LogP contribution is -2.50. The summed E-state index contributed by atoms with van der Waals surface area (Å²) in [6.07, 6.45) is 7.20. The number of hydrogen-bond donors (Lipinski definition) is 2. The van der Waals surface area contributed by atoms with Gasteiger partial charge in [-0.25, -0.2) is 0 Å². The number of benzene rings is 1. The van der Waals surface area contributed by atoms with E-state index in [9.17, 15) is 0 Å². The Morgan fingerprint density at radius 2 is 1.76 bits per heavy atom. The summed E-state index contributed by atoms with van der Waals surface area (Å²) in [5, 5.41) is 7.18. The number of rotatable bonds is 6. The van der Waals surface area contributed by atoms with E-state index in [-0.39, 0.29) is 29.4 Å². The molecule has 2 N–H and O–H groups in total. The zero-order valence-corrected chi connectivity index (χ0v) is 19.9. The highest BCUT2D eigenvalue weighted by molar-refractivity contribution is 14.0. The molecule has 4 rings (SSSR count). The van der Waals surface area contributed by atoms with Crippen molar-refractivity contribution >= 4 is 29.9 Å². The first-order valence-corrected chi connectivity index (χ1v) is 10.6. The molecule has 162 valence electrons. The first-order chi connectivity index (χ1) is 13.7. The molecular formula is C22H34IN3O3. The average Bonchev–Trinajstić information content (AvgIpc) is 3.18. The van der Waals surface area contributed by atoms with Crippen LogP contribution in [0.4, 0.5) is 0 Å². The number of halogens is 1. The molecule has 0 amide bonds. The molecule has 0 radical (unpaired) electrons. The molecule has 0 bridgehead atoms. The van der Waals surface area contributed by atoms with E-state index in [1.165, 1.54) is 31.2 Å². The smallest absolute Gasteiger partial charge is 0.231 e. The maximum atomic E-state index is 5.67. The van der Waals surface area contributed by atoms with E-state index in [4.69, 9.17) is 14.2 Å². The number of aliphatic imine (C=N–C) groups is 1. The molecule has 1 saturated heterocycles. The number of nitrogens with one attached hydrogen (secondary N) is 2. The van der Waals surface area contributed by atoms with Gasteiger partial charge in [0, 0.05) is 38.8 Å². The zero-order valence-electron chi connectivity index (χ0n) is 17.6. The van der Waals surface area contributed by atoms with E-state index in [0.717, 1.165) is 56.6 Å². The second-order valence-electron chi connectivity index (χ2n) is 8.45. The molecule has 2 fully saturated rings. The van der Waals surface area contributed by atoms with E-state index in [2.05, 4.69) is 34.7 Å². The van der Waals surface area contributed by atoms with E-state index < -0.39 is 0 Å². The van der Waals surface area contributed by atoms with Crippen LogP contribution in [0.25, 0.3) is 0 Å². The highest BCUT2D eigenvalue weighted by Crippen LogP contribution is 2.43. The monoisotopic (exact) mass is 515 g/mol. The second kappa shape index (κ2) is 9.73. The predicted octanol–water partition coefficient (Wildman–Crippen LogP) is 3.83. The van der Waals surface area contributed by atoms with Gasteiger partial charge in [0.1, 0.15) is 0 Å². The van der Waals surface area contributed by atoms with Crippen LogP contribution >= 0.6 is 24.0 Å². The van der Waals surface area contributed by atoms with Crippen LogP contribution in [0.2, 0.25) is 0 Å². The molecule has 29 heavy (non-hydrogen) atoms. The largest absolute Gasteiger partial charge is 0.454 e. The Hall–Kier alpha value is -1.22. The van der Waals surface area contributed by atoms with Gasteiger partial charge in [-0.3, -0.25) is 4.99 Å². The second-order valence-corrected chi connectivity index (χ2v) is 8.45. The molecule has 0 aromatic heterocycles. The molecule has 1 aromatic rings. The van der Waals surface area contributed by atoms with Crippen molar-refractivity contribution in [2.45, 2.75) is 50.9 Å². The zero-order chi connectivity index (χ0) is 19.5. The van der Waals surface area contributed by atoms with Gasteiger partial charge in [0.25, 0.3) is 0 Å². The lowest BCUT2D eigenvalue weighted by atomic mass is 9.67. The minimum atomic E-state index is 0. The first kappa shape index (κ1) is 22.5. The fraction of sp³-hybridized carbons (Fsp3) is 0.682. The normalized spacial score (nSPS) is 21.7. The van der Waals surface area contributed by atoms with Gasteiger partial charge < -0.3 is 24.8 Å². The Kier molecular flexibility index (Phi) is 7.53. The summed E-state index contributed by atoms with van der Waals surface area (Å²) in [5.74, 6) is 2.58. The molecule has 0 unspecified atom stereocenters. The summed E-state index contributed by atoms with van der Waals surface area (Å²) in [6, 6.07) is 6.35. The molecule has 0 spiro atoms. The quantitative estimate of drug-likeness (QED) is 0.343. The minimum absolute atomic E-state index is 0. The van der Waals surface area contributed by atoms with Gasteiger partial charge in [0.2, 0.25) is 6.79 Å². The maximum absolute atomic E-state index is 5.67. The number of hydrogen-bond acceptors (Lipinski definition) is 4. The Morgan fingerprint density at radius 3 is 2.41 bits per heavy atom. The minimum Gasteiger partial charge on any atom is -0.454 e. The van der Waals surface area contributed by atoms with Gasteiger partial charge in [0.05, 0.1) is 0 Å². The Labute approximate surface area is 191 Å². The van der Waals surface area contributed by atoms with Crippen molar-refractivity contribution in [1.82, 2.24) is 10.6 Å². The van der Waals surface area contributed by atoms with Crippen LogP contribution in [0.1, 0.15) is 51.0 Å². The standard InChI is InChI=1S/C22H33N3O3.HI/c1-3-21(7-4-8-21)14-24-20(23-2)25-15-22(9-11-26-12-10-22)17-5-6-18-19(13-17)28-16-27-18;/h5-6,13H,3-4,7-12,14-16H2,1-2H3,(H2,23,24,25);1H. The van der Waals surface area contributed by atoms with Crippen LogP contribution in [0.3, 0.4) is 0 Å². The van der Waals surface area contributed by atoms with Crippen LogP contribution in [0.5, 0.6) is 11.5 Å². The molecule has 2 heterocycles. The van der Waals surface area contributed by atoms with E-state index in [1.807, 2.05) is 13.1 Å². The lowest BCUT2D eigenvalue weighted by Gasteiger charge is -2.42. The van der Waals surface area contributed by atoms with Crippen LogP contribution in [0.15, 0.2) is 23.2 Å². The van der Waals surface area contributed by atoms with Gasteiger partial charge in [-0.1, -0.05) is 19.4 Å². The van der Waals surface area contributed by atoms with Crippen molar-refractivity contribution in [2.75, 3.05) is 40.1 Å². The van der Waals surface area contributed by atoms with Crippen molar-refractivity contribution in [3.05, 3.63) is 23.8 Å². The van der Waals surface area contributed by atoms with Crippen LogP contribution < -0.4 is 20.1 Å². The SMILES string of the molecule is CCC1(CNC(=NC)NCC2(c3ccc4c(c3)OCO4)CCOCC2)CCC1.I. The molecule has 7 heteroatoms. The summed E-state index contributed by atoms with van der Waals surface area (Å²) in [6.45, 7) is 6.00. The molecule has 1 saturated carbocycles. The summed E-state index contributed by atoms with van der Waals surface area (Å²) < 4.78 is 16.8. The van der Waals surface area contributed by atoms with Crippen LogP contribution in [-0.2, 0) is 10.2 Å². The van der Waals surface area contributed by atoms with Gasteiger partial charge in [0.15, 0.2) is 17.5 Å². The summed E-state index contributed by atoms with van der Waals surface area (Å²) >= 11 is 0.